The van der Waals surface area contributed by atoms with Crippen molar-refractivity contribution in [3.8, 4) is 11.5 Å². The lowest BCUT2D eigenvalue weighted by atomic mass is 10.1. The van der Waals surface area contributed by atoms with E-state index in [1.54, 1.807) is 30.1 Å². The summed E-state index contributed by atoms with van der Waals surface area (Å²) < 4.78 is 11.2. The number of carbonyl (C=O) groups excluding carboxylic acids is 1. The predicted octanol–water partition coefficient (Wildman–Crippen LogP) is 5.17. The molecule has 0 aliphatic carbocycles. The summed E-state index contributed by atoms with van der Waals surface area (Å²) in [4.78, 5) is 13.5. The average Bonchev–Trinajstić information content (AvgIpc) is 2.79. The first kappa shape index (κ1) is 20.3. The summed E-state index contributed by atoms with van der Waals surface area (Å²) in [6, 6.07) is 20.8. The van der Waals surface area contributed by atoms with Gasteiger partial charge in [0.05, 0.1) is 6.21 Å². The van der Waals surface area contributed by atoms with Crippen molar-refractivity contribution in [3.63, 3.8) is 0 Å². The van der Waals surface area contributed by atoms with Crippen LogP contribution in [0.1, 0.15) is 21.5 Å². The molecule has 1 heterocycles. The molecule has 0 fully saturated rings. The van der Waals surface area contributed by atoms with Gasteiger partial charge in [0.25, 0.3) is 5.91 Å². The van der Waals surface area contributed by atoms with Gasteiger partial charge in [-0.2, -0.15) is 5.10 Å². The maximum atomic E-state index is 12.3. The number of hydrogen-bond acceptors (Lipinski definition) is 5. The first-order chi connectivity index (χ1) is 14.7. The molecule has 0 saturated heterocycles. The monoisotopic (exact) mass is 438 g/mol. The van der Waals surface area contributed by atoms with Crippen molar-refractivity contribution in [2.75, 3.05) is 13.2 Å². The average molecular weight is 439 g/mol. The molecule has 4 rings (SSSR count). The van der Waals surface area contributed by atoms with Gasteiger partial charge in [-0.25, -0.2) is 5.43 Å². The first-order valence-corrected chi connectivity index (χ1v) is 10.7. The van der Waals surface area contributed by atoms with Crippen LogP contribution in [0.2, 0.25) is 5.02 Å². The molecule has 0 radical (unpaired) electrons. The van der Waals surface area contributed by atoms with E-state index in [4.69, 9.17) is 21.1 Å². The van der Waals surface area contributed by atoms with Gasteiger partial charge in [0, 0.05) is 26.8 Å². The van der Waals surface area contributed by atoms with E-state index < -0.39 is 0 Å². The number of rotatable bonds is 6. The Morgan fingerprint density at radius 2 is 1.80 bits per heavy atom. The number of halogens is 1. The fraction of sp³-hybridized carbons (Fsp3) is 0.130. The maximum Gasteiger partial charge on any atom is 0.271 e. The SMILES string of the molecule is O=C(N/N=C\c1cccc2c1OCCO2)c1ccc(CSc2ccc(Cl)cc2)cc1. The predicted molar refractivity (Wildman–Crippen MR) is 120 cm³/mol. The summed E-state index contributed by atoms with van der Waals surface area (Å²) in [5, 5.41) is 4.78. The molecule has 0 bridgehead atoms. The number of nitrogens with one attached hydrogen (secondary N) is 1. The van der Waals surface area contributed by atoms with Crippen LogP contribution in [0.15, 0.2) is 76.7 Å². The Bertz CT molecular complexity index is 1050. The van der Waals surface area contributed by atoms with Crippen molar-refractivity contribution in [1.82, 2.24) is 5.43 Å². The van der Waals surface area contributed by atoms with Gasteiger partial charge in [-0.15, -0.1) is 11.8 Å². The van der Waals surface area contributed by atoms with Crippen LogP contribution < -0.4 is 14.9 Å². The standard InChI is InChI=1S/C23H19ClN2O3S/c24-19-8-10-20(11-9-19)30-15-16-4-6-17(7-5-16)23(27)26-25-14-18-2-1-3-21-22(18)29-13-12-28-21/h1-11,14H,12-13,15H2,(H,26,27)/b25-14-. The Balaban J connectivity index is 1.33. The highest BCUT2D eigenvalue weighted by molar-refractivity contribution is 7.98. The number of para-hydroxylation sites is 1. The number of carbonyl (C=O) groups is 1. The van der Waals surface area contributed by atoms with Crippen LogP contribution in [0.5, 0.6) is 11.5 Å². The normalized spacial score (nSPS) is 12.7. The summed E-state index contributed by atoms with van der Waals surface area (Å²) in [6.45, 7) is 1.02. The molecular formula is C23H19ClN2O3S. The molecule has 0 unspecified atom stereocenters. The molecule has 152 valence electrons. The molecule has 1 N–H and O–H groups in total. The minimum atomic E-state index is -0.273. The van der Waals surface area contributed by atoms with E-state index in [1.165, 1.54) is 0 Å². The quantitative estimate of drug-likeness (QED) is 0.328. The lowest BCUT2D eigenvalue weighted by Crippen LogP contribution is -2.18. The molecule has 3 aromatic carbocycles. The van der Waals surface area contributed by atoms with Crippen LogP contribution in [-0.4, -0.2) is 25.3 Å². The molecule has 3 aromatic rings. The third kappa shape index (κ3) is 5.14. The zero-order valence-electron chi connectivity index (χ0n) is 16.0. The van der Waals surface area contributed by atoms with E-state index in [1.807, 2.05) is 54.6 Å². The van der Waals surface area contributed by atoms with Gasteiger partial charge in [0.15, 0.2) is 11.5 Å². The number of benzene rings is 3. The van der Waals surface area contributed by atoms with Crippen molar-refractivity contribution in [2.45, 2.75) is 10.6 Å². The van der Waals surface area contributed by atoms with Crippen LogP contribution >= 0.6 is 23.4 Å². The molecule has 0 spiro atoms. The summed E-state index contributed by atoms with van der Waals surface area (Å²) in [5.41, 5.74) is 4.98. The topological polar surface area (TPSA) is 59.9 Å². The van der Waals surface area contributed by atoms with Crippen LogP contribution in [0.25, 0.3) is 0 Å². The smallest absolute Gasteiger partial charge is 0.271 e. The Labute approximate surface area is 184 Å². The van der Waals surface area contributed by atoms with Crippen LogP contribution in [-0.2, 0) is 5.75 Å². The Hall–Kier alpha value is -2.96. The number of nitrogens with zero attached hydrogens (tertiary/aromatic N) is 1. The van der Waals surface area contributed by atoms with E-state index in [9.17, 15) is 4.79 Å². The van der Waals surface area contributed by atoms with Gasteiger partial charge < -0.3 is 9.47 Å². The zero-order valence-corrected chi connectivity index (χ0v) is 17.6. The van der Waals surface area contributed by atoms with E-state index in [0.29, 0.717) is 30.3 Å². The Morgan fingerprint density at radius 1 is 1.03 bits per heavy atom. The first-order valence-electron chi connectivity index (χ1n) is 9.38. The van der Waals surface area contributed by atoms with Gasteiger partial charge in [0.1, 0.15) is 13.2 Å². The van der Waals surface area contributed by atoms with Crippen molar-refractivity contribution >= 4 is 35.5 Å². The van der Waals surface area contributed by atoms with Crippen molar-refractivity contribution in [3.05, 3.63) is 88.4 Å². The highest BCUT2D eigenvalue weighted by Gasteiger charge is 2.14. The van der Waals surface area contributed by atoms with Crippen molar-refractivity contribution < 1.29 is 14.3 Å². The second kappa shape index (κ2) is 9.69. The largest absolute Gasteiger partial charge is 0.486 e. The molecule has 0 saturated carbocycles. The van der Waals surface area contributed by atoms with Gasteiger partial charge in [-0.05, 0) is 54.1 Å². The number of ether oxygens (including phenoxy) is 2. The van der Waals surface area contributed by atoms with Crippen LogP contribution in [0, 0.1) is 0 Å². The van der Waals surface area contributed by atoms with Crippen LogP contribution in [0.4, 0.5) is 0 Å². The minimum absolute atomic E-state index is 0.273. The Morgan fingerprint density at radius 3 is 2.60 bits per heavy atom. The zero-order chi connectivity index (χ0) is 20.8. The summed E-state index contributed by atoms with van der Waals surface area (Å²) in [7, 11) is 0. The van der Waals surface area contributed by atoms with E-state index in [-0.39, 0.29) is 5.91 Å². The summed E-state index contributed by atoms with van der Waals surface area (Å²) >= 11 is 7.62. The van der Waals surface area contributed by atoms with Gasteiger partial charge >= 0.3 is 0 Å². The van der Waals surface area contributed by atoms with E-state index in [2.05, 4.69) is 10.5 Å². The molecule has 1 amide bonds. The fourth-order valence-electron chi connectivity index (χ4n) is 2.87. The van der Waals surface area contributed by atoms with E-state index in [0.717, 1.165) is 26.8 Å². The molecule has 0 atom stereocenters. The molecule has 0 aromatic heterocycles. The second-order valence-electron chi connectivity index (χ2n) is 6.51. The van der Waals surface area contributed by atoms with Crippen molar-refractivity contribution in [2.24, 2.45) is 5.10 Å². The van der Waals surface area contributed by atoms with Gasteiger partial charge in [-0.3, -0.25) is 4.79 Å². The number of amides is 1. The molecule has 1 aliphatic rings. The lowest BCUT2D eigenvalue weighted by molar-refractivity contribution is 0.0955. The van der Waals surface area contributed by atoms with Crippen molar-refractivity contribution in [1.29, 1.82) is 0 Å². The number of fused-ring (bicyclic) bond motifs is 1. The second-order valence-corrected chi connectivity index (χ2v) is 8.00. The lowest BCUT2D eigenvalue weighted by Gasteiger charge is -2.19. The summed E-state index contributed by atoms with van der Waals surface area (Å²) in [5.74, 6) is 1.86. The summed E-state index contributed by atoms with van der Waals surface area (Å²) in [6.07, 6.45) is 1.56. The molecule has 1 aliphatic heterocycles. The minimum Gasteiger partial charge on any atom is -0.486 e. The molecule has 7 heteroatoms. The highest BCUT2D eigenvalue weighted by Crippen LogP contribution is 2.32. The number of hydrogen-bond donors (Lipinski definition) is 1. The molecule has 30 heavy (non-hydrogen) atoms. The van der Waals surface area contributed by atoms with Gasteiger partial charge in [-0.1, -0.05) is 29.8 Å². The van der Waals surface area contributed by atoms with E-state index >= 15 is 0 Å². The highest BCUT2D eigenvalue weighted by atomic mass is 35.5. The third-order valence-electron chi connectivity index (χ3n) is 4.40. The third-order valence-corrected chi connectivity index (χ3v) is 5.74. The number of hydrazone groups is 1. The van der Waals surface area contributed by atoms with Crippen LogP contribution in [0.3, 0.4) is 0 Å². The fourth-order valence-corrected chi connectivity index (χ4v) is 3.85. The number of thioether (sulfide) groups is 1. The maximum absolute atomic E-state index is 12.3. The van der Waals surface area contributed by atoms with Gasteiger partial charge in [0.2, 0.25) is 0 Å². The molecule has 5 nitrogen and oxygen atoms in total. The Kier molecular flexibility index (Phi) is 6.57. The molecular weight excluding hydrogens is 420 g/mol.